The highest BCUT2D eigenvalue weighted by Crippen LogP contribution is 2.25. The standard InChI is InChI=1S/C22H22N6O2/c1-25-14-18(24-15-25)21(29)26-11-9-17(13-26)28-20-19(8-5-10-23-20)27(22(28)30)12-16-6-3-2-4-7-16/h2-8,10,14-15,17H,9,11-13H2,1H3/t17-/m1/s1. The Morgan fingerprint density at radius 1 is 1.13 bits per heavy atom. The van der Waals surface area contributed by atoms with Crippen molar-refractivity contribution in [3.63, 3.8) is 0 Å². The molecule has 4 heterocycles. The predicted octanol–water partition coefficient (Wildman–Crippen LogP) is 2.07. The van der Waals surface area contributed by atoms with Crippen LogP contribution in [-0.4, -0.2) is 47.6 Å². The van der Waals surface area contributed by atoms with E-state index >= 15 is 0 Å². The average molecular weight is 402 g/mol. The van der Waals surface area contributed by atoms with Gasteiger partial charge in [-0.2, -0.15) is 0 Å². The number of imidazole rings is 2. The Hall–Kier alpha value is -3.68. The first-order valence-corrected chi connectivity index (χ1v) is 9.99. The molecule has 0 unspecified atom stereocenters. The van der Waals surface area contributed by atoms with Crippen LogP contribution in [0.25, 0.3) is 11.2 Å². The molecular weight excluding hydrogens is 380 g/mol. The van der Waals surface area contributed by atoms with E-state index in [4.69, 9.17) is 0 Å². The van der Waals surface area contributed by atoms with E-state index in [0.717, 1.165) is 11.1 Å². The molecule has 3 aromatic heterocycles. The number of likely N-dealkylation sites (tertiary alicyclic amines) is 1. The fourth-order valence-corrected chi connectivity index (χ4v) is 4.18. The molecule has 0 N–H and O–H groups in total. The molecule has 0 radical (unpaired) electrons. The van der Waals surface area contributed by atoms with E-state index in [1.807, 2.05) is 49.5 Å². The van der Waals surface area contributed by atoms with Crippen molar-refractivity contribution < 1.29 is 4.79 Å². The zero-order valence-electron chi connectivity index (χ0n) is 16.7. The number of amides is 1. The van der Waals surface area contributed by atoms with Crippen molar-refractivity contribution in [1.29, 1.82) is 0 Å². The summed E-state index contributed by atoms with van der Waals surface area (Å²) < 4.78 is 5.28. The first-order chi connectivity index (χ1) is 14.6. The van der Waals surface area contributed by atoms with E-state index in [0.29, 0.717) is 37.4 Å². The molecule has 4 aromatic rings. The van der Waals surface area contributed by atoms with Crippen LogP contribution in [-0.2, 0) is 13.6 Å². The second kappa shape index (κ2) is 7.29. The van der Waals surface area contributed by atoms with Crippen molar-refractivity contribution in [2.75, 3.05) is 13.1 Å². The highest BCUT2D eigenvalue weighted by molar-refractivity contribution is 5.92. The summed E-state index contributed by atoms with van der Waals surface area (Å²) in [5, 5.41) is 0. The number of aromatic nitrogens is 5. The second-order valence-electron chi connectivity index (χ2n) is 7.69. The highest BCUT2D eigenvalue weighted by atomic mass is 16.2. The van der Waals surface area contributed by atoms with Gasteiger partial charge in [0.25, 0.3) is 5.91 Å². The number of fused-ring (bicyclic) bond motifs is 1. The summed E-state index contributed by atoms with van der Waals surface area (Å²) in [7, 11) is 1.84. The van der Waals surface area contributed by atoms with Crippen molar-refractivity contribution in [2.24, 2.45) is 7.05 Å². The quantitative estimate of drug-likeness (QED) is 0.524. The third kappa shape index (κ3) is 3.10. The van der Waals surface area contributed by atoms with Crippen LogP contribution in [0.15, 0.2) is 66.0 Å². The predicted molar refractivity (Wildman–Crippen MR) is 112 cm³/mol. The van der Waals surface area contributed by atoms with Gasteiger partial charge in [0.15, 0.2) is 5.65 Å². The summed E-state index contributed by atoms with van der Waals surface area (Å²) in [5.41, 5.74) is 2.86. The maximum atomic E-state index is 13.4. The number of benzene rings is 1. The van der Waals surface area contributed by atoms with E-state index in [-0.39, 0.29) is 17.6 Å². The van der Waals surface area contributed by atoms with Crippen molar-refractivity contribution >= 4 is 17.1 Å². The van der Waals surface area contributed by atoms with Crippen LogP contribution in [0.4, 0.5) is 0 Å². The van der Waals surface area contributed by atoms with Crippen LogP contribution < -0.4 is 5.69 Å². The molecule has 30 heavy (non-hydrogen) atoms. The maximum Gasteiger partial charge on any atom is 0.330 e. The van der Waals surface area contributed by atoms with Gasteiger partial charge in [0.2, 0.25) is 0 Å². The number of carbonyl (C=O) groups excluding carboxylic acids is 1. The van der Waals surface area contributed by atoms with Gasteiger partial charge < -0.3 is 9.47 Å². The smallest absolute Gasteiger partial charge is 0.330 e. The average Bonchev–Trinajstić information content (AvgIpc) is 3.47. The van der Waals surface area contributed by atoms with E-state index in [1.165, 1.54) is 0 Å². The summed E-state index contributed by atoms with van der Waals surface area (Å²) in [5.74, 6) is -0.105. The minimum atomic E-state index is -0.111. The van der Waals surface area contributed by atoms with Gasteiger partial charge in [0.05, 0.1) is 24.4 Å². The molecule has 8 heteroatoms. The lowest BCUT2D eigenvalue weighted by atomic mass is 10.2. The number of nitrogens with zero attached hydrogens (tertiary/aromatic N) is 6. The van der Waals surface area contributed by atoms with E-state index in [9.17, 15) is 9.59 Å². The lowest BCUT2D eigenvalue weighted by Gasteiger charge is -2.15. The fraction of sp³-hybridized carbons (Fsp3) is 0.273. The molecule has 1 amide bonds. The van der Waals surface area contributed by atoms with Crippen molar-refractivity contribution in [3.05, 3.63) is 82.9 Å². The Bertz CT molecular complexity index is 1270. The summed E-state index contributed by atoms with van der Waals surface area (Å²) >= 11 is 0. The zero-order chi connectivity index (χ0) is 20.7. The molecule has 1 aliphatic heterocycles. The number of rotatable bonds is 4. The first kappa shape index (κ1) is 18.4. The van der Waals surface area contributed by atoms with Gasteiger partial charge in [-0.3, -0.25) is 13.9 Å². The number of hydrogen-bond donors (Lipinski definition) is 0. The third-order valence-corrected chi connectivity index (χ3v) is 5.65. The van der Waals surface area contributed by atoms with Gasteiger partial charge in [-0.25, -0.2) is 14.8 Å². The van der Waals surface area contributed by atoms with Gasteiger partial charge in [0.1, 0.15) is 5.69 Å². The summed E-state index contributed by atoms with van der Waals surface area (Å²) in [6.45, 7) is 1.54. The van der Waals surface area contributed by atoms with Crippen molar-refractivity contribution in [1.82, 2.24) is 28.6 Å². The van der Waals surface area contributed by atoms with Crippen LogP contribution >= 0.6 is 0 Å². The molecule has 1 atom stereocenters. The molecule has 0 aliphatic carbocycles. The van der Waals surface area contributed by atoms with Crippen LogP contribution in [0.1, 0.15) is 28.5 Å². The molecule has 0 bridgehead atoms. The topological polar surface area (TPSA) is 78.0 Å². The summed E-state index contributed by atoms with van der Waals surface area (Å²) in [6, 6.07) is 13.6. The maximum absolute atomic E-state index is 13.4. The number of pyridine rings is 1. The lowest BCUT2D eigenvalue weighted by Crippen LogP contribution is -2.32. The molecule has 152 valence electrons. The zero-order valence-corrected chi connectivity index (χ0v) is 16.7. The van der Waals surface area contributed by atoms with Crippen LogP contribution in [0.3, 0.4) is 0 Å². The number of carbonyl (C=O) groups is 1. The Kier molecular flexibility index (Phi) is 4.46. The van der Waals surface area contributed by atoms with Gasteiger partial charge in [0, 0.05) is 32.5 Å². The van der Waals surface area contributed by atoms with Gasteiger partial charge in [-0.15, -0.1) is 0 Å². The SMILES string of the molecule is Cn1cnc(C(=O)N2CC[C@@H](n3c(=O)n(Cc4ccccc4)c4cccnc43)C2)c1. The minimum absolute atomic E-state index is 0.0929. The molecule has 1 aromatic carbocycles. The van der Waals surface area contributed by atoms with Gasteiger partial charge in [-0.05, 0) is 24.1 Å². The Morgan fingerprint density at radius 2 is 1.97 bits per heavy atom. The third-order valence-electron chi connectivity index (χ3n) is 5.65. The summed E-state index contributed by atoms with van der Waals surface area (Å²) in [4.78, 5) is 36.6. The largest absolute Gasteiger partial charge is 0.340 e. The Balaban J connectivity index is 1.48. The van der Waals surface area contributed by atoms with E-state index in [1.54, 1.807) is 37.3 Å². The van der Waals surface area contributed by atoms with Gasteiger partial charge in [-0.1, -0.05) is 30.3 Å². The molecule has 0 spiro atoms. The molecule has 0 saturated carbocycles. The molecule has 1 fully saturated rings. The molecule has 1 saturated heterocycles. The van der Waals surface area contributed by atoms with Crippen LogP contribution in [0.5, 0.6) is 0 Å². The number of aryl methyl sites for hydroxylation is 1. The first-order valence-electron chi connectivity index (χ1n) is 9.99. The second-order valence-corrected chi connectivity index (χ2v) is 7.69. The number of hydrogen-bond acceptors (Lipinski definition) is 4. The van der Waals surface area contributed by atoms with Crippen LogP contribution in [0.2, 0.25) is 0 Å². The summed E-state index contributed by atoms with van der Waals surface area (Å²) in [6.07, 6.45) is 5.75. The highest BCUT2D eigenvalue weighted by Gasteiger charge is 2.32. The molecule has 1 aliphatic rings. The molecule has 5 rings (SSSR count). The van der Waals surface area contributed by atoms with Crippen LogP contribution in [0, 0.1) is 0 Å². The van der Waals surface area contributed by atoms with Crippen molar-refractivity contribution in [2.45, 2.75) is 19.0 Å². The minimum Gasteiger partial charge on any atom is -0.340 e. The molecular formula is C22H22N6O2. The lowest BCUT2D eigenvalue weighted by molar-refractivity contribution is 0.0782. The Morgan fingerprint density at radius 3 is 2.73 bits per heavy atom. The Labute approximate surface area is 173 Å². The van der Waals surface area contributed by atoms with E-state index < -0.39 is 0 Å². The normalized spacial score (nSPS) is 16.4. The fourth-order valence-electron chi connectivity index (χ4n) is 4.18. The molecule has 8 nitrogen and oxygen atoms in total. The van der Waals surface area contributed by atoms with E-state index in [2.05, 4.69) is 9.97 Å². The monoisotopic (exact) mass is 402 g/mol. The van der Waals surface area contributed by atoms with Gasteiger partial charge >= 0.3 is 5.69 Å². The van der Waals surface area contributed by atoms with Crippen molar-refractivity contribution in [3.8, 4) is 0 Å².